The monoisotopic (exact) mass is 385 g/mol. The summed E-state index contributed by atoms with van der Waals surface area (Å²) in [6, 6.07) is 10.9. The number of halogens is 1. The van der Waals surface area contributed by atoms with Gasteiger partial charge in [-0.25, -0.2) is 4.39 Å². The number of carbonyl (C=O) groups excluding carboxylic acids is 2. The number of benzene rings is 2. The number of likely N-dealkylation sites (tertiary alicyclic amines) is 1. The first-order valence-corrected chi connectivity index (χ1v) is 8.85. The van der Waals surface area contributed by atoms with Gasteiger partial charge in [0.25, 0.3) is 5.91 Å². The lowest BCUT2D eigenvalue weighted by atomic mass is 9.97. The smallest absolute Gasteiger partial charge is 0.305 e. The summed E-state index contributed by atoms with van der Waals surface area (Å²) in [5.74, 6) is -2.28. The number of aliphatic carboxylic acids is 1. The van der Waals surface area contributed by atoms with Crippen LogP contribution in [0.4, 0.5) is 4.39 Å². The molecule has 2 aromatic carbocycles. The van der Waals surface area contributed by atoms with Gasteiger partial charge in [-0.1, -0.05) is 18.2 Å². The molecule has 1 N–H and O–H groups in total. The van der Waals surface area contributed by atoms with Crippen molar-refractivity contribution >= 4 is 17.7 Å². The van der Waals surface area contributed by atoms with Gasteiger partial charge in [-0.05, 0) is 36.8 Å². The van der Waals surface area contributed by atoms with Crippen molar-refractivity contribution in [3.63, 3.8) is 0 Å². The summed E-state index contributed by atoms with van der Waals surface area (Å²) in [7, 11) is 1.52. The number of hydrogen-bond acceptors (Lipinski definition) is 4. The van der Waals surface area contributed by atoms with E-state index in [9.17, 15) is 18.8 Å². The SMILES string of the molecule is COC1CC(CC(=O)O)N(C(=O)c2ccccc2C(=O)c2ccc(F)cc2)C1. The van der Waals surface area contributed by atoms with E-state index in [1.807, 2.05) is 0 Å². The highest BCUT2D eigenvalue weighted by Gasteiger charge is 2.37. The number of methoxy groups -OCH3 is 1. The molecule has 1 aliphatic heterocycles. The average molecular weight is 385 g/mol. The van der Waals surface area contributed by atoms with Gasteiger partial charge < -0.3 is 14.7 Å². The Bertz CT molecular complexity index is 896. The van der Waals surface area contributed by atoms with Crippen LogP contribution >= 0.6 is 0 Å². The molecule has 3 rings (SSSR count). The van der Waals surface area contributed by atoms with Crippen LogP contribution in [0, 0.1) is 5.82 Å². The molecule has 2 atom stereocenters. The minimum atomic E-state index is -1.00. The number of amides is 1. The second kappa shape index (κ2) is 8.31. The molecule has 1 aliphatic rings. The number of carboxylic acid groups (broad SMARTS) is 1. The Kier molecular flexibility index (Phi) is 5.84. The Hall–Kier alpha value is -3.06. The van der Waals surface area contributed by atoms with Crippen molar-refractivity contribution < 1.29 is 28.6 Å². The van der Waals surface area contributed by atoms with Crippen LogP contribution in [0.25, 0.3) is 0 Å². The Morgan fingerprint density at radius 3 is 2.36 bits per heavy atom. The van der Waals surface area contributed by atoms with Crippen LogP contribution in [0.1, 0.15) is 39.1 Å². The summed E-state index contributed by atoms with van der Waals surface area (Å²) in [4.78, 5) is 38.7. The fraction of sp³-hybridized carbons (Fsp3) is 0.286. The van der Waals surface area contributed by atoms with Crippen molar-refractivity contribution in [2.24, 2.45) is 0 Å². The molecule has 1 heterocycles. The molecule has 0 aliphatic carbocycles. The van der Waals surface area contributed by atoms with Gasteiger partial charge in [0.15, 0.2) is 5.78 Å². The van der Waals surface area contributed by atoms with E-state index in [4.69, 9.17) is 9.84 Å². The summed E-state index contributed by atoms with van der Waals surface area (Å²) >= 11 is 0. The van der Waals surface area contributed by atoms with E-state index in [-0.39, 0.29) is 35.8 Å². The molecule has 2 aromatic rings. The Morgan fingerprint density at radius 2 is 1.75 bits per heavy atom. The van der Waals surface area contributed by atoms with Crippen LogP contribution in [0.5, 0.6) is 0 Å². The first-order chi connectivity index (χ1) is 13.4. The third kappa shape index (κ3) is 4.09. The third-order valence-electron chi connectivity index (χ3n) is 4.89. The first kappa shape index (κ1) is 19.7. The van der Waals surface area contributed by atoms with E-state index in [2.05, 4.69) is 0 Å². The Morgan fingerprint density at radius 1 is 1.11 bits per heavy atom. The second-order valence-corrected chi connectivity index (χ2v) is 6.68. The number of nitrogens with zero attached hydrogens (tertiary/aromatic N) is 1. The van der Waals surface area contributed by atoms with Gasteiger partial charge in [-0.15, -0.1) is 0 Å². The topological polar surface area (TPSA) is 83.9 Å². The lowest BCUT2D eigenvalue weighted by Gasteiger charge is -2.24. The fourth-order valence-corrected chi connectivity index (χ4v) is 3.47. The van der Waals surface area contributed by atoms with Gasteiger partial charge in [-0.2, -0.15) is 0 Å². The zero-order valence-electron chi connectivity index (χ0n) is 15.3. The van der Waals surface area contributed by atoms with Gasteiger partial charge in [0, 0.05) is 30.8 Å². The van der Waals surface area contributed by atoms with Crippen molar-refractivity contribution in [2.75, 3.05) is 13.7 Å². The quantitative estimate of drug-likeness (QED) is 0.773. The predicted molar refractivity (Wildman–Crippen MR) is 98.8 cm³/mol. The van der Waals surface area contributed by atoms with E-state index in [1.54, 1.807) is 12.1 Å². The molecule has 28 heavy (non-hydrogen) atoms. The van der Waals surface area contributed by atoms with E-state index >= 15 is 0 Å². The maximum absolute atomic E-state index is 13.2. The van der Waals surface area contributed by atoms with E-state index in [0.717, 1.165) is 0 Å². The average Bonchev–Trinajstić information content (AvgIpc) is 3.09. The number of rotatable bonds is 6. The Labute approximate surface area is 161 Å². The summed E-state index contributed by atoms with van der Waals surface area (Å²) in [6.45, 7) is 0.256. The number of ether oxygens (including phenoxy) is 1. The third-order valence-corrected chi connectivity index (χ3v) is 4.89. The van der Waals surface area contributed by atoms with Crippen LogP contribution in [0.3, 0.4) is 0 Å². The maximum Gasteiger partial charge on any atom is 0.305 e. The maximum atomic E-state index is 13.2. The van der Waals surface area contributed by atoms with Gasteiger partial charge in [0.05, 0.1) is 18.1 Å². The van der Waals surface area contributed by atoms with Crippen molar-refractivity contribution in [1.82, 2.24) is 4.90 Å². The fourth-order valence-electron chi connectivity index (χ4n) is 3.47. The van der Waals surface area contributed by atoms with Gasteiger partial charge >= 0.3 is 5.97 Å². The first-order valence-electron chi connectivity index (χ1n) is 8.85. The van der Waals surface area contributed by atoms with Crippen molar-refractivity contribution in [1.29, 1.82) is 0 Å². The van der Waals surface area contributed by atoms with E-state index in [0.29, 0.717) is 6.42 Å². The summed E-state index contributed by atoms with van der Waals surface area (Å²) in [5, 5.41) is 9.15. The number of carboxylic acids is 1. The molecular weight excluding hydrogens is 365 g/mol. The number of ketones is 1. The summed E-state index contributed by atoms with van der Waals surface area (Å²) < 4.78 is 18.5. The van der Waals surface area contributed by atoms with Crippen LogP contribution in [-0.4, -0.2) is 53.5 Å². The van der Waals surface area contributed by atoms with Crippen molar-refractivity contribution in [3.05, 3.63) is 71.0 Å². The molecule has 146 valence electrons. The second-order valence-electron chi connectivity index (χ2n) is 6.68. The van der Waals surface area contributed by atoms with E-state index in [1.165, 1.54) is 48.4 Å². The van der Waals surface area contributed by atoms with E-state index < -0.39 is 29.5 Å². The predicted octanol–water partition coefficient (Wildman–Crippen LogP) is 2.76. The number of hydrogen-bond donors (Lipinski definition) is 1. The highest BCUT2D eigenvalue weighted by Crippen LogP contribution is 2.26. The minimum absolute atomic E-state index is 0.184. The van der Waals surface area contributed by atoms with Gasteiger partial charge in [0.1, 0.15) is 5.82 Å². The lowest BCUT2D eigenvalue weighted by molar-refractivity contribution is -0.138. The summed E-state index contributed by atoms with van der Waals surface area (Å²) in [5.41, 5.74) is 0.637. The molecule has 7 heteroatoms. The molecule has 6 nitrogen and oxygen atoms in total. The highest BCUT2D eigenvalue weighted by molar-refractivity contribution is 6.15. The van der Waals surface area contributed by atoms with Crippen LogP contribution in [0.15, 0.2) is 48.5 Å². The molecule has 1 amide bonds. The molecule has 0 radical (unpaired) electrons. The van der Waals surface area contributed by atoms with Crippen molar-refractivity contribution in [3.8, 4) is 0 Å². The van der Waals surface area contributed by atoms with Crippen LogP contribution < -0.4 is 0 Å². The molecule has 2 unspecified atom stereocenters. The molecule has 0 spiro atoms. The van der Waals surface area contributed by atoms with Crippen LogP contribution in [-0.2, 0) is 9.53 Å². The standard InChI is InChI=1S/C21H20FNO5/c1-28-16-10-15(11-19(24)25)23(12-16)21(27)18-5-3-2-4-17(18)20(26)13-6-8-14(22)9-7-13/h2-9,15-16H,10-12H2,1H3,(H,24,25). The molecule has 1 saturated heterocycles. The molecular formula is C21H20FNO5. The minimum Gasteiger partial charge on any atom is -0.481 e. The summed E-state index contributed by atoms with van der Waals surface area (Å²) in [6.07, 6.45) is -0.0317. The van der Waals surface area contributed by atoms with Gasteiger partial charge in [0.2, 0.25) is 0 Å². The molecule has 0 saturated carbocycles. The van der Waals surface area contributed by atoms with Crippen molar-refractivity contribution in [2.45, 2.75) is 25.0 Å². The van der Waals surface area contributed by atoms with Gasteiger partial charge in [-0.3, -0.25) is 14.4 Å². The highest BCUT2D eigenvalue weighted by atomic mass is 19.1. The number of carbonyl (C=O) groups is 3. The normalized spacial score (nSPS) is 18.9. The zero-order chi connectivity index (χ0) is 20.3. The molecule has 0 bridgehead atoms. The molecule has 0 aromatic heterocycles. The zero-order valence-corrected chi connectivity index (χ0v) is 15.3. The van der Waals surface area contributed by atoms with Crippen LogP contribution in [0.2, 0.25) is 0 Å². The Balaban J connectivity index is 1.93. The largest absolute Gasteiger partial charge is 0.481 e. The molecule has 1 fully saturated rings. The lowest BCUT2D eigenvalue weighted by Crippen LogP contribution is -2.38.